The minimum atomic E-state index is -1.79. The third kappa shape index (κ3) is 34.3. The lowest BCUT2D eigenvalue weighted by atomic mass is 9.97. The lowest BCUT2D eigenvalue weighted by Gasteiger charge is -2.46. The minimum Gasteiger partial charge on any atom is -0.394 e. The maximum atomic E-state index is 13.3. The van der Waals surface area contributed by atoms with Crippen molar-refractivity contribution in [1.29, 1.82) is 0 Å². The first kappa shape index (κ1) is 71.3. The number of unbranched alkanes of at least 4 members (excludes halogenated alkanes) is 34. The summed E-state index contributed by atoms with van der Waals surface area (Å²) in [5.41, 5.74) is 0. The Labute approximate surface area is 468 Å². The van der Waals surface area contributed by atoms with Gasteiger partial charge in [0.15, 0.2) is 12.6 Å². The van der Waals surface area contributed by atoms with Crippen molar-refractivity contribution in [2.45, 2.75) is 338 Å². The number of amides is 1. The Bertz CT molecular complexity index is 1430. The first-order valence-corrected chi connectivity index (χ1v) is 31.7. The van der Waals surface area contributed by atoms with Gasteiger partial charge in [-0.25, -0.2) is 0 Å². The van der Waals surface area contributed by atoms with Gasteiger partial charge in [0.2, 0.25) is 5.91 Å². The summed E-state index contributed by atoms with van der Waals surface area (Å²) in [6.07, 6.45) is 43.3. The molecule has 14 heteroatoms. The zero-order valence-corrected chi connectivity index (χ0v) is 48.7. The zero-order valence-electron chi connectivity index (χ0n) is 48.7. The SMILES string of the molecule is CCCCCCCCCCCCCCC/C=C/CC/C=C/CC/C=C/C(O)C(COC1OC(CO)C(OC2OC(CO)C(O)C(O)C2O)C(O)C1O)NC(=O)CCCCCCCCCCCCCCCCCCCCCC. The van der Waals surface area contributed by atoms with Gasteiger partial charge in [-0.1, -0.05) is 249 Å². The number of rotatable bonds is 51. The molecule has 2 saturated heterocycles. The van der Waals surface area contributed by atoms with E-state index in [2.05, 4.69) is 43.5 Å². The van der Waals surface area contributed by atoms with E-state index < -0.39 is 86.8 Å². The van der Waals surface area contributed by atoms with Crippen molar-refractivity contribution in [3.63, 3.8) is 0 Å². The van der Waals surface area contributed by atoms with E-state index in [0.717, 1.165) is 44.9 Å². The molecule has 0 saturated carbocycles. The van der Waals surface area contributed by atoms with Crippen LogP contribution in [-0.2, 0) is 23.7 Å². The quantitative estimate of drug-likeness (QED) is 0.0204. The number of hydrogen-bond acceptors (Lipinski definition) is 13. The summed E-state index contributed by atoms with van der Waals surface area (Å²) in [6, 6.07) is -0.936. The second kappa shape index (κ2) is 48.9. The van der Waals surface area contributed by atoms with E-state index in [-0.39, 0.29) is 18.9 Å². The highest BCUT2D eigenvalue weighted by molar-refractivity contribution is 5.76. The second-order valence-corrected chi connectivity index (χ2v) is 22.5. The second-order valence-electron chi connectivity index (χ2n) is 22.5. The predicted molar refractivity (Wildman–Crippen MR) is 309 cm³/mol. The number of aliphatic hydroxyl groups is 8. The largest absolute Gasteiger partial charge is 0.394 e. The molecule has 1 amide bonds. The highest BCUT2D eigenvalue weighted by Gasteiger charge is 2.51. The van der Waals surface area contributed by atoms with Crippen LogP contribution in [0.3, 0.4) is 0 Å². The smallest absolute Gasteiger partial charge is 0.220 e. The average molecular weight is 1100 g/mol. The zero-order chi connectivity index (χ0) is 56.0. The van der Waals surface area contributed by atoms with Crippen LogP contribution in [0.5, 0.6) is 0 Å². The Balaban J connectivity index is 1.77. The van der Waals surface area contributed by atoms with Crippen molar-refractivity contribution < 1.29 is 64.6 Å². The van der Waals surface area contributed by atoms with Crippen LogP contribution in [0.25, 0.3) is 0 Å². The Hall–Kier alpha value is -1.79. The van der Waals surface area contributed by atoms with Gasteiger partial charge in [0, 0.05) is 6.42 Å². The first-order valence-electron chi connectivity index (χ1n) is 31.7. The van der Waals surface area contributed by atoms with Gasteiger partial charge in [0.1, 0.15) is 48.8 Å². The van der Waals surface area contributed by atoms with Gasteiger partial charge in [0.25, 0.3) is 0 Å². The highest BCUT2D eigenvalue weighted by Crippen LogP contribution is 2.30. The molecule has 2 rings (SSSR count). The summed E-state index contributed by atoms with van der Waals surface area (Å²) in [5.74, 6) is -0.249. The molecule has 0 aromatic rings. The van der Waals surface area contributed by atoms with Crippen molar-refractivity contribution in [2.24, 2.45) is 0 Å². The van der Waals surface area contributed by atoms with E-state index in [1.54, 1.807) is 6.08 Å². The van der Waals surface area contributed by atoms with E-state index in [9.17, 15) is 45.6 Å². The number of carbonyl (C=O) groups excluding carboxylic acids is 1. The van der Waals surface area contributed by atoms with Crippen LogP contribution >= 0.6 is 0 Å². The van der Waals surface area contributed by atoms with E-state index in [4.69, 9.17) is 18.9 Å². The Morgan fingerprint density at radius 2 is 0.831 bits per heavy atom. The number of hydrogen-bond donors (Lipinski definition) is 9. The lowest BCUT2D eigenvalue weighted by Crippen LogP contribution is -2.65. The van der Waals surface area contributed by atoms with Gasteiger partial charge < -0.3 is 65.1 Å². The summed E-state index contributed by atoms with van der Waals surface area (Å²) in [6.45, 7) is 2.81. The number of nitrogens with one attached hydrogen (secondary N) is 1. The Kier molecular flexibility index (Phi) is 45.3. The van der Waals surface area contributed by atoms with E-state index in [1.807, 2.05) is 6.08 Å². The topological polar surface area (TPSA) is 228 Å². The predicted octanol–water partition coefficient (Wildman–Crippen LogP) is 11.4. The minimum absolute atomic E-state index is 0.249. The molecule has 0 aromatic heterocycles. The van der Waals surface area contributed by atoms with Gasteiger partial charge in [-0.15, -0.1) is 0 Å². The fraction of sp³-hybridized carbons (Fsp3) is 0.889. The fourth-order valence-electron chi connectivity index (χ4n) is 10.4. The molecule has 2 aliphatic heterocycles. The van der Waals surface area contributed by atoms with Gasteiger partial charge in [-0.2, -0.15) is 0 Å². The molecule has 2 aliphatic rings. The van der Waals surface area contributed by atoms with Crippen LogP contribution in [-0.4, -0.2) is 140 Å². The number of ether oxygens (including phenoxy) is 4. The maximum Gasteiger partial charge on any atom is 0.220 e. The molecule has 2 fully saturated rings. The summed E-state index contributed by atoms with van der Waals surface area (Å²) in [7, 11) is 0. The molecule has 0 aliphatic carbocycles. The molecule has 0 bridgehead atoms. The van der Waals surface area contributed by atoms with Gasteiger partial charge in [-0.3, -0.25) is 4.79 Å². The molecule has 12 atom stereocenters. The highest BCUT2D eigenvalue weighted by atomic mass is 16.7. The molecule has 2 heterocycles. The molecular formula is C63H117NO13. The molecule has 0 radical (unpaired) electrons. The molecule has 452 valence electrons. The van der Waals surface area contributed by atoms with Crippen LogP contribution < -0.4 is 5.32 Å². The summed E-state index contributed by atoms with van der Waals surface area (Å²) < 4.78 is 22.8. The normalized spacial score (nSPS) is 24.9. The van der Waals surface area contributed by atoms with Crippen molar-refractivity contribution in [3.05, 3.63) is 36.5 Å². The van der Waals surface area contributed by atoms with Crippen LogP contribution in [0.15, 0.2) is 36.5 Å². The first-order chi connectivity index (χ1) is 37.6. The number of allylic oxidation sites excluding steroid dienone is 5. The molecule has 0 spiro atoms. The summed E-state index contributed by atoms with van der Waals surface area (Å²) in [4.78, 5) is 13.3. The Morgan fingerprint density at radius 3 is 1.27 bits per heavy atom. The number of aliphatic hydroxyl groups excluding tert-OH is 8. The van der Waals surface area contributed by atoms with E-state index >= 15 is 0 Å². The molecular weight excluding hydrogens is 979 g/mol. The molecule has 14 nitrogen and oxygen atoms in total. The monoisotopic (exact) mass is 1100 g/mol. The van der Waals surface area contributed by atoms with Crippen molar-refractivity contribution in [1.82, 2.24) is 5.32 Å². The van der Waals surface area contributed by atoms with Crippen LogP contribution in [0.4, 0.5) is 0 Å². The maximum absolute atomic E-state index is 13.3. The van der Waals surface area contributed by atoms with Gasteiger partial charge >= 0.3 is 0 Å². The molecule has 12 unspecified atom stereocenters. The molecule has 0 aromatic carbocycles. The standard InChI is InChI=1S/C63H117NO13/c1-3-5-7-9-11-13-15-17-19-21-23-25-26-27-28-30-32-34-36-38-40-42-44-46-52(67)51(64-55(68)47-45-43-41-39-37-35-33-31-29-24-22-20-18-16-14-12-10-8-6-4-2)50-74-62-60(73)58(71)61(54(49-66)76-62)77-63-59(72)57(70)56(69)53(48-65)75-63/h28,30,36,38,44,46,51-54,56-63,65-67,69-73H,3-27,29,31-35,37,39-43,45,47-50H2,1-2H3,(H,64,68)/b30-28+,38-36+,46-44+. The third-order valence-corrected chi connectivity index (χ3v) is 15.6. The van der Waals surface area contributed by atoms with E-state index in [1.165, 1.54) is 186 Å². The van der Waals surface area contributed by atoms with Crippen molar-refractivity contribution >= 4 is 5.91 Å². The van der Waals surface area contributed by atoms with Crippen LogP contribution in [0.2, 0.25) is 0 Å². The van der Waals surface area contributed by atoms with Gasteiger partial charge in [-0.05, 0) is 44.9 Å². The summed E-state index contributed by atoms with van der Waals surface area (Å²) >= 11 is 0. The molecule has 9 N–H and O–H groups in total. The van der Waals surface area contributed by atoms with Gasteiger partial charge in [0.05, 0.1) is 32.0 Å². The van der Waals surface area contributed by atoms with Crippen molar-refractivity contribution in [2.75, 3.05) is 19.8 Å². The van der Waals surface area contributed by atoms with Crippen LogP contribution in [0, 0.1) is 0 Å². The third-order valence-electron chi connectivity index (χ3n) is 15.6. The number of carbonyl (C=O) groups is 1. The summed E-state index contributed by atoms with van der Waals surface area (Å²) in [5, 5.41) is 87.2. The lowest BCUT2D eigenvalue weighted by molar-refractivity contribution is -0.359. The average Bonchev–Trinajstić information content (AvgIpc) is 3.44. The van der Waals surface area contributed by atoms with E-state index in [0.29, 0.717) is 12.8 Å². The molecule has 77 heavy (non-hydrogen) atoms. The Morgan fingerprint density at radius 1 is 0.455 bits per heavy atom. The van der Waals surface area contributed by atoms with Crippen LogP contribution in [0.1, 0.15) is 264 Å². The fourth-order valence-corrected chi connectivity index (χ4v) is 10.4. The van der Waals surface area contributed by atoms with Crippen molar-refractivity contribution in [3.8, 4) is 0 Å².